The van der Waals surface area contributed by atoms with Crippen LogP contribution in [0.4, 0.5) is 5.00 Å². The molecule has 0 fully saturated rings. The number of rotatable bonds is 8. The summed E-state index contributed by atoms with van der Waals surface area (Å²) in [5.41, 5.74) is 2.62. The van der Waals surface area contributed by atoms with E-state index in [1.54, 1.807) is 51.5 Å². The van der Waals surface area contributed by atoms with Crippen LogP contribution in [0.3, 0.4) is 0 Å². The zero-order valence-electron chi connectivity index (χ0n) is 18.7. The number of halogens is 1. The highest BCUT2D eigenvalue weighted by Crippen LogP contribution is 2.40. The van der Waals surface area contributed by atoms with E-state index in [0.717, 1.165) is 16.0 Å². The van der Waals surface area contributed by atoms with E-state index in [0.29, 0.717) is 32.6 Å². The summed E-state index contributed by atoms with van der Waals surface area (Å²) < 4.78 is 15.8. The smallest absolute Gasteiger partial charge is 0.341 e. The number of aryl methyl sites for hydroxylation is 1. The summed E-state index contributed by atoms with van der Waals surface area (Å²) in [5.74, 6) is 0.290. The average molecular weight is 486 g/mol. The number of hydrogen-bond acceptors (Lipinski definition) is 6. The minimum absolute atomic E-state index is 0.223. The molecule has 0 spiro atoms. The summed E-state index contributed by atoms with van der Waals surface area (Å²) >= 11 is 7.34. The monoisotopic (exact) mass is 485 g/mol. The Bertz CT molecular complexity index is 1180. The molecule has 1 aromatic heterocycles. The van der Waals surface area contributed by atoms with Crippen molar-refractivity contribution in [2.75, 3.05) is 26.1 Å². The van der Waals surface area contributed by atoms with Crippen LogP contribution in [0.2, 0.25) is 5.02 Å². The predicted octanol–water partition coefficient (Wildman–Crippen LogP) is 6.22. The zero-order valence-corrected chi connectivity index (χ0v) is 20.3. The van der Waals surface area contributed by atoms with Crippen molar-refractivity contribution >= 4 is 45.9 Å². The first-order chi connectivity index (χ1) is 15.9. The van der Waals surface area contributed by atoms with Gasteiger partial charge < -0.3 is 19.5 Å². The minimum atomic E-state index is -0.494. The van der Waals surface area contributed by atoms with Crippen molar-refractivity contribution in [1.82, 2.24) is 0 Å². The number of carbonyl (C=O) groups excluding carboxylic acids is 2. The Labute approximate surface area is 201 Å². The third-order valence-electron chi connectivity index (χ3n) is 4.77. The Morgan fingerprint density at radius 1 is 1.06 bits per heavy atom. The molecule has 8 heteroatoms. The summed E-state index contributed by atoms with van der Waals surface area (Å²) in [7, 11) is 3.11. The Morgan fingerprint density at radius 3 is 2.39 bits per heavy atom. The van der Waals surface area contributed by atoms with Crippen molar-refractivity contribution in [2.45, 2.75) is 13.8 Å². The molecule has 1 N–H and O–H groups in total. The summed E-state index contributed by atoms with van der Waals surface area (Å²) in [6.45, 7) is 3.86. The number of carbonyl (C=O) groups is 2. The van der Waals surface area contributed by atoms with Crippen molar-refractivity contribution in [2.24, 2.45) is 0 Å². The first-order valence-electron chi connectivity index (χ1n) is 10.2. The average Bonchev–Trinajstić information content (AvgIpc) is 3.13. The molecule has 0 aliphatic carbocycles. The summed E-state index contributed by atoms with van der Waals surface area (Å²) in [6, 6.07) is 12.5. The first-order valence-corrected chi connectivity index (χ1v) is 11.3. The Balaban J connectivity index is 1.90. The summed E-state index contributed by atoms with van der Waals surface area (Å²) in [5, 5.41) is 3.85. The molecule has 0 aliphatic rings. The Morgan fingerprint density at radius 2 is 1.76 bits per heavy atom. The van der Waals surface area contributed by atoms with E-state index in [1.165, 1.54) is 17.4 Å². The number of hydrogen-bond donors (Lipinski definition) is 1. The van der Waals surface area contributed by atoms with Crippen LogP contribution in [0.25, 0.3) is 17.2 Å². The quantitative estimate of drug-likeness (QED) is 0.302. The molecule has 1 amide bonds. The van der Waals surface area contributed by atoms with Gasteiger partial charge in [0.2, 0.25) is 5.91 Å². The molecule has 0 aliphatic heterocycles. The highest BCUT2D eigenvalue weighted by molar-refractivity contribution is 7.17. The van der Waals surface area contributed by atoms with Crippen LogP contribution in [0.1, 0.15) is 27.7 Å². The highest BCUT2D eigenvalue weighted by atomic mass is 35.5. The van der Waals surface area contributed by atoms with Gasteiger partial charge >= 0.3 is 5.97 Å². The van der Waals surface area contributed by atoms with Crippen molar-refractivity contribution < 1.29 is 23.8 Å². The molecule has 0 saturated carbocycles. The third kappa shape index (κ3) is 5.74. The first kappa shape index (κ1) is 24.4. The van der Waals surface area contributed by atoms with E-state index in [2.05, 4.69) is 5.32 Å². The molecule has 3 rings (SSSR count). The van der Waals surface area contributed by atoms with Crippen LogP contribution in [0, 0.1) is 6.92 Å². The van der Waals surface area contributed by atoms with E-state index >= 15 is 0 Å². The number of anilines is 1. The predicted molar refractivity (Wildman–Crippen MR) is 133 cm³/mol. The van der Waals surface area contributed by atoms with Crippen molar-refractivity contribution in [3.05, 3.63) is 69.6 Å². The van der Waals surface area contributed by atoms with Crippen LogP contribution in [-0.2, 0) is 9.53 Å². The van der Waals surface area contributed by atoms with E-state index < -0.39 is 5.97 Å². The summed E-state index contributed by atoms with van der Waals surface area (Å²) in [6.07, 6.45) is 3.05. The molecular formula is C25H24ClNO5S. The van der Waals surface area contributed by atoms with E-state index in [-0.39, 0.29) is 12.5 Å². The van der Waals surface area contributed by atoms with Crippen LogP contribution in [0.15, 0.2) is 48.5 Å². The van der Waals surface area contributed by atoms with Gasteiger partial charge in [0.25, 0.3) is 0 Å². The van der Waals surface area contributed by atoms with Crippen LogP contribution in [0.5, 0.6) is 11.5 Å². The second kappa shape index (κ2) is 11.0. The number of benzene rings is 2. The van der Waals surface area contributed by atoms with E-state index in [9.17, 15) is 9.59 Å². The molecule has 0 saturated heterocycles. The molecule has 33 heavy (non-hydrogen) atoms. The number of ether oxygens (including phenoxy) is 3. The Hall–Kier alpha value is -3.29. The van der Waals surface area contributed by atoms with Crippen molar-refractivity contribution in [3.63, 3.8) is 0 Å². The lowest BCUT2D eigenvalue weighted by atomic mass is 10.0. The number of esters is 1. The molecule has 0 unspecified atom stereocenters. The second-order valence-corrected chi connectivity index (χ2v) is 8.56. The SMILES string of the molecule is CCOC(=O)c1c(NC(=O)C=Cc2ccc(OC)c(OC)c2)sc(C)c1-c1ccc(Cl)cc1. The second-order valence-electron chi connectivity index (χ2n) is 6.90. The third-order valence-corrected chi connectivity index (χ3v) is 6.04. The molecule has 2 aromatic carbocycles. The number of amides is 1. The number of thiophene rings is 1. The molecule has 172 valence electrons. The molecule has 3 aromatic rings. The zero-order chi connectivity index (χ0) is 24.0. The molecule has 6 nitrogen and oxygen atoms in total. The van der Waals surface area contributed by atoms with Crippen LogP contribution >= 0.6 is 22.9 Å². The fourth-order valence-corrected chi connectivity index (χ4v) is 4.47. The Kier molecular flexibility index (Phi) is 8.14. The lowest BCUT2D eigenvalue weighted by molar-refractivity contribution is -0.111. The largest absolute Gasteiger partial charge is 0.493 e. The number of nitrogens with one attached hydrogen (secondary N) is 1. The van der Waals surface area contributed by atoms with Gasteiger partial charge in [-0.05, 0) is 55.3 Å². The van der Waals surface area contributed by atoms with Crippen molar-refractivity contribution in [1.29, 1.82) is 0 Å². The summed E-state index contributed by atoms with van der Waals surface area (Å²) in [4.78, 5) is 26.4. The van der Waals surface area contributed by atoms with Gasteiger partial charge in [0.05, 0.1) is 20.8 Å². The van der Waals surface area contributed by atoms with Gasteiger partial charge in [0, 0.05) is 21.5 Å². The van der Waals surface area contributed by atoms with Crippen LogP contribution in [-0.4, -0.2) is 32.7 Å². The molecule has 0 radical (unpaired) electrons. The van der Waals surface area contributed by atoms with E-state index in [4.69, 9.17) is 25.8 Å². The maximum Gasteiger partial charge on any atom is 0.341 e. The van der Waals surface area contributed by atoms with Crippen LogP contribution < -0.4 is 14.8 Å². The van der Waals surface area contributed by atoms with Gasteiger partial charge in [0.1, 0.15) is 10.6 Å². The molecular weight excluding hydrogens is 462 g/mol. The minimum Gasteiger partial charge on any atom is -0.493 e. The topological polar surface area (TPSA) is 73.9 Å². The molecule has 1 heterocycles. The lowest BCUT2D eigenvalue weighted by Gasteiger charge is -2.09. The molecule has 0 atom stereocenters. The van der Waals surface area contributed by atoms with Gasteiger partial charge in [-0.2, -0.15) is 0 Å². The number of methoxy groups -OCH3 is 2. The van der Waals surface area contributed by atoms with Gasteiger partial charge in [-0.1, -0.05) is 29.8 Å². The maximum absolute atomic E-state index is 12.8. The fourth-order valence-electron chi connectivity index (χ4n) is 3.28. The highest BCUT2D eigenvalue weighted by Gasteiger charge is 2.25. The van der Waals surface area contributed by atoms with Gasteiger partial charge in [-0.15, -0.1) is 11.3 Å². The fraction of sp³-hybridized carbons (Fsp3) is 0.200. The van der Waals surface area contributed by atoms with Gasteiger partial charge in [0.15, 0.2) is 11.5 Å². The normalized spacial score (nSPS) is 10.8. The van der Waals surface area contributed by atoms with Crippen molar-refractivity contribution in [3.8, 4) is 22.6 Å². The molecule has 0 bridgehead atoms. The van der Waals surface area contributed by atoms with Gasteiger partial charge in [-0.25, -0.2) is 4.79 Å². The maximum atomic E-state index is 12.8. The van der Waals surface area contributed by atoms with E-state index in [1.807, 2.05) is 25.1 Å². The van der Waals surface area contributed by atoms with Gasteiger partial charge in [-0.3, -0.25) is 4.79 Å². The lowest BCUT2D eigenvalue weighted by Crippen LogP contribution is -2.12. The standard InChI is InChI=1S/C25H24ClNO5S/c1-5-32-25(29)23-22(17-8-10-18(26)11-9-17)15(2)33-24(23)27-21(28)13-7-16-6-12-19(30-3)20(14-16)31-4/h6-14H,5H2,1-4H3,(H,27,28).